The van der Waals surface area contributed by atoms with E-state index in [1.807, 2.05) is 12.1 Å². The minimum absolute atomic E-state index is 0.0211. The molecule has 3 N–H and O–H groups in total. The third-order valence-electron chi connectivity index (χ3n) is 3.69. The van der Waals surface area contributed by atoms with Crippen molar-refractivity contribution in [3.05, 3.63) is 24.3 Å². The van der Waals surface area contributed by atoms with Crippen LogP contribution in [0.3, 0.4) is 0 Å². The van der Waals surface area contributed by atoms with Crippen molar-refractivity contribution >= 4 is 23.2 Å². The lowest BCUT2D eigenvalue weighted by molar-refractivity contribution is -0.119. The Bertz CT molecular complexity index is 515. The van der Waals surface area contributed by atoms with Crippen molar-refractivity contribution in [2.45, 2.75) is 19.4 Å². The molecule has 0 bridgehead atoms. The summed E-state index contributed by atoms with van der Waals surface area (Å²) < 4.78 is 0. The third kappa shape index (κ3) is 4.19. The number of nitrogen functional groups attached to an aromatic ring is 1. The van der Waals surface area contributed by atoms with Gasteiger partial charge in [-0.2, -0.15) is 0 Å². The van der Waals surface area contributed by atoms with Crippen LogP contribution in [0.5, 0.6) is 0 Å². The summed E-state index contributed by atoms with van der Waals surface area (Å²) in [6, 6.07) is 7.37. The van der Waals surface area contributed by atoms with Crippen LogP contribution in [0.4, 0.5) is 11.4 Å². The Morgan fingerprint density at radius 3 is 2.67 bits per heavy atom. The Morgan fingerprint density at radius 2 is 2.05 bits per heavy atom. The first-order valence-corrected chi connectivity index (χ1v) is 7.07. The van der Waals surface area contributed by atoms with E-state index in [2.05, 4.69) is 10.2 Å². The van der Waals surface area contributed by atoms with Gasteiger partial charge in [-0.25, -0.2) is 0 Å². The second-order valence-electron chi connectivity index (χ2n) is 5.47. The highest BCUT2D eigenvalue weighted by molar-refractivity contribution is 5.94. The van der Waals surface area contributed by atoms with Gasteiger partial charge in [0.2, 0.25) is 11.8 Å². The number of amides is 2. The van der Waals surface area contributed by atoms with Crippen molar-refractivity contribution in [3.63, 3.8) is 0 Å². The van der Waals surface area contributed by atoms with Gasteiger partial charge in [-0.1, -0.05) is 0 Å². The minimum Gasteiger partial charge on any atom is -0.399 e. The van der Waals surface area contributed by atoms with Gasteiger partial charge in [0.25, 0.3) is 0 Å². The topological polar surface area (TPSA) is 78.7 Å². The number of hydrogen-bond donors (Lipinski definition) is 2. The molecule has 0 saturated carbocycles. The SMILES string of the molecule is CC(=O)NC1CCN(CC(=O)N(C)c2ccc(N)cc2)C1. The lowest BCUT2D eigenvalue weighted by atomic mass is 10.2. The van der Waals surface area contributed by atoms with Crippen LogP contribution in [0, 0.1) is 0 Å². The lowest BCUT2D eigenvalue weighted by Crippen LogP contribution is -2.40. The highest BCUT2D eigenvalue weighted by atomic mass is 16.2. The van der Waals surface area contributed by atoms with Crippen molar-refractivity contribution in [2.75, 3.05) is 37.3 Å². The number of nitrogens with two attached hydrogens (primary N) is 1. The lowest BCUT2D eigenvalue weighted by Gasteiger charge is -2.22. The van der Waals surface area contributed by atoms with E-state index in [9.17, 15) is 9.59 Å². The summed E-state index contributed by atoms with van der Waals surface area (Å²) in [5.41, 5.74) is 7.15. The molecule has 1 unspecified atom stereocenters. The summed E-state index contributed by atoms with van der Waals surface area (Å²) in [6.45, 7) is 3.42. The average Bonchev–Trinajstić information content (AvgIpc) is 2.85. The van der Waals surface area contributed by atoms with Gasteiger partial charge in [0, 0.05) is 44.5 Å². The van der Waals surface area contributed by atoms with E-state index in [1.165, 1.54) is 6.92 Å². The molecule has 0 radical (unpaired) electrons. The molecule has 6 heteroatoms. The second-order valence-corrected chi connectivity index (χ2v) is 5.47. The number of carbonyl (C=O) groups excluding carboxylic acids is 2. The third-order valence-corrected chi connectivity index (χ3v) is 3.69. The summed E-state index contributed by atoms with van der Waals surface area (Å²) >= 11 is 0. The Labute approximate surface area is 124 Å². The van der Waals surface area contributed by atoms with Gasteiger partial charge in [0.15, 0.2) is 0 Å². The summed E-state index contributed by atoms with van der Waals surface area (Å²) in [5.74, 6) is 0.00964. The summed E-state index contributed by atoms with van der Waals surface area (Å²) in [6.07, 6.45) is 0.887. The first-order chi connectivity index (χ1) is 9.95. The summed E-state index contributed by atoms with van der Waals surface area (Å²) in [5, 5.41) is 2.89. The summed E-state index contributed by atoms with van der Waals surface area (Å²) in [7, 11) is 1.76. The highest BCUT2D eigenvalue weighted by Crippen LogP contribution is 2.16. The molecule has 6 nitrogen and oxygen atoms in total. The maximum absolute atomic E-state index is 12.3. The van der Waals surface area contributed by atoms with Crippen LogP contribution in [-0.4, -0.2) is 49.4 Å². The number of nitrogens with one attached hydrogen (secondary N) is 1. The number of hydrogen-bond acceptors (Lipinski definition) is 4. The zero-order valence-electron chi connectivity index (χ0n) is 12.5. The largest absolute Gasteiger partial charge is 0.399 e. The number of anilines is 2. The van der Waals surface area contributed by atoms with Crippen molar-refractivity contribution in [2.24, 2.45) is 0 Å². The van der Waals surface area contributed by atoms with Crippen LogP contribution in [-0.2, 0) is 9.59 Å². The zero-order valence-corrected chi connectivity index (χ0v) is 12.5. The van der Waals surface area contributed by atoms with E-state index in [1.54, 1.807) is 24.1 Å². The van der Waals surface area contributed by atoms with Gasteiger partial charge in [0.1, 0.15) is 0 Å². The molecule has 0 aliphatic carbocycles. The molecule has 21 heavy (non-hydrogen) atoms. The highest BCUT2D eigenvalue weighted by Gasteiger charge is 2.25. The molecular weight excluding hydrogens is 268 g/mol. The number of likely N-dealkylation sites (tertiary alicyclic amines) is 1. The number of carbonyl (C=O) groups is 2. The molecule has 0 spiro atoms. The zero-order chi connectivity index (χ0) is 15.4. The van der Waals surface area contributed by atoms with Crippen LogP contribution in [0.2, 0.25) is 0 Å². The predicted molar refractivity (Wildman–Crippen MR) is 82.9 cm³/mol. The standard InChI is InChI=1S/C15H22N4O2/c1-11(20)17-13-7-8-19(9-13)10-15(21)18(2)14-5-3-12(16)4-6-14/h3-6,13H,7-10,16H2,1-2H3,(H,17,20). The molecule has 1 heterocycles. The molecule has 1 aromatic carbocycles. The minimum atomic E-state index is -0.0211. The smallest absolute Gasteiger partial charge is 0.240 e. The molecule has 1 aromatic rings. The van der Waals surface area contributed by atoms with E-state index >= 15 is 0 Å². The monoisotopic (exact) mass is 290 g/mol. The van der Waals surface area contributed by atoms with Crippen LogP contribution in [0.1, 0.15) is 13.3 Å². The van der Waals surface area contributed by atoms with Crippen LogP contribution < -0.4 is 16.0 Å². The number of rotatable bonds is 4. The quantitative estimate of drug-likeness (QED) is 0.789. The second kappa shape index (κ2) is 6.58. The van der Waals surface area contributed by atoms with Crippen LogP contribution in [0.25, 0.3) is 0 Å². The van der Waals surface area contributed by atoms with Crippen LogP contribution >= 0.6 is 0 Å². The Morgan fingerprint density at radius 1 is 1.38 bits per heavy atom. The van der Waals surface area contributed by atoms with E-state index in [4.69, 9.17) is 5.73 Å². The Hall–Kier alpha value is -2.08. The van der Waals surface area contributed by atoms with Gasteiger partial charge in [0.05, 0.1) is 6.54 Å². The van der Waals surface area contributed by atoms with Gasteiger partial charge >= 0.3 is 0 Å². The molecule has 1 atom stereocenters. The molecule has 1 fully saturated rings. The number of likely N-dealkylation sites (N-methyl/N-ethyl adjacent to an activating group) is 1. The van der Waals surface area contributed by atoms with E-state index in [0.717, 1.165) is 25.2 Å². The summed E-state index contributed by atoms with van der Waals surface area (Å²) in [4.78, 5) is 27.0. The van der Waals surface area contributed by atoms with Gasteiger partial charge in [-0.15, -0.1) is 0 Å². The van der Waals surface area contributed by atoms with Crippen molar-refractivity contribution in [3.8, 4) is 0 Å². The first kappa shape index (κ1) is 15.3. The van der Waals surface area contributed by atoms with E-state index < -0.39 is 0 Å². The van der Waals surface area contributed by atoms with E-state index in [0.29, 0.717) is 12.2 Å². The molecular formula is C15H22N4O2. The predicted octanol–water partition coefficient (Wildman–Crippen LogP) is 0.442. The van der Waals surface area contributed by atoms with Gasteiger partial charge < -0.3 is 16.0 Å². The molecule has 1 aliphatic heterocycles. The fraction of sp³-hybridized carbons (Fsp3) is 0.467. The normalized spacial score (nSPS) is 18.5. The van der Waals surface area contributed by atoms with Gasteiger partial charge in [-0.05, 0) is 30.7 Å². The number of nitrogens with zero attached hydrogens (tertiary/aromatic N) is 2. The average molecular weight is 290 g/mol. The molecule has 2 rings (SSSR count). The van der Waals surface area contributed by atoms with Gasteiger partial charge in [-0.3, -0.25) is 14.5 Å². The van der Waals surface area contributed by atoms with Crippen molar-refractivity contribution in [1.82, 2.24) is 10.2 Å². The fourth-order valence-corrected chi connectivity index (χ4v) is 2.52. The van der Waals surface area contributed by atoms with Crippen molar-refractivity contribution in [1.29, 1.82) is 0 Å². The molecule has 1 saturated heterocycles. The van der Waals surface area contributed by atoms with Crippen LogP contribution in [0.15, 0.2) is 24.3 Å². The Kier molecular flexibility index (Phi) is 4.80. The Balaban J connectivity index is 1.87. The maximum atomic E-state index is 12.3. The maximum Gasteiger partial charge on any atom is 0.240 e. The van der Waals surface area contributed by atoms with E-state index in [-0.39, 0.29) is 17.9 Å². The molecule has 2 amide bonds. The molecule has 0 aromatic heterocycles. The number of benzene rings is 1. The molecule has 1 aliphatic rings. The van der Waals surface area contributed by atoms with Crippen molar-refractivity contribution < 1.29 is 9.59 Å². The molecule has 114 valence electrons. The fourth-order valence-electron chi connectivity index (χ4n) is 2.52. The first-order valence-electron chi connectivity index (χ1n) is 7.07.